The van der Waals surface area contributed by atoms with E-state index in [2.05, 4.69) is 0 Å². The molecular weight excluding hydrogens is 281 g/mol. The van der Waals surface area contributed by atoms with E-state index in [1.165, 1.54) is 24.3 Å². The topological polar surface area (TPSA) is 51.9 Å². The van der Waals surface area contributed by atoms with Crippen molar-refractivity contribution >= 4 is 22.8 Å². The van der Waals surface area contributed by atoms with Crippen LogP contribution in [0.5, 0.6) is 0 Å². The van der Waals surface area contributed by atoms with Crippen LogP contribution in [0.25, 0.3) is 11.0 Å². The van der Waals surface area contributed by atoms with Gasteiger partial charge in [0.25, 0.3) is 0 Å². The summed E-state index contributed by atoms with van der Waals surface area (Å²) >= 11 is 0. The summed E-state index contributed by atoms with van der Waals surface area (Å²) in [5.41, 5.74) is 8.57. The van der Waals surface area contributed by atoms with Gasteiger partial charge in [-0.25, -0.2) is 13.5 Å². The van der Waals surface area contributed by atoms with Gasteiger partial charge in [0.15, 0.2) is 5.78 Å². The molecule has 0 saturated heterocycles. The average Bonchev–Trinajstić information content (AvgIpc) is 2.80. The number of ketones is 1. The van der Waals surface area contributed by atoms with Crippen LogP contribution in [-0.4, -0.2) is 10.4 Å². The molecule has 2 N–H and O–H groups in total. The Morgan fingerprint density at radius 1 is 1.18 bits per heavy atom. The van der Waals surface area contributed by atoms with E-state index in [1.807, 2.05) is 35.8 Å². The normalized spacial score (nSPS) is 11.0. The van der Waals surface area contributed by atoms with E-state index in [4.69, 9.17) is 5.73 Å². The number of Topliss-reactive ketones (excluding diaryl/α,β-unsaturated/α-hetero) is 1. The zero-order valence-corrected chi connectivity index (χ0v) is 12.3. The maximum Gasteiger partial charge on any atom is 0.356 e. The summed E-state index contributed by atoms with van der Waals surface area (Å²) < 4.78 is 16.7. The Kier molecular flexibility index (Phi) is 3.63. The highest BCUT2D eigenvalue weighted by atomic mass is 19.1. The number of nitrogen functional groups attached to an aromatic ring is 1. The standard InChI is InChI=1S/C17H16FN3O/c1-2-20-14-5-3-4-6-15(14)21(17(20)19)11-16(22)12-7-9-13(18)10-8-12/h3-10,19H,2,11H2,1H3/p+1. The van der Waals surface area contributed by atoms with Gasteiger partial charge in [0, 0.05) is 5.56 Å². The molecule has 0 unspecified atom stereocenters. The highest BCUT2D eigenvalue weighted by molar-refractivity contribution is 5.95. The second-order valence-electron chi connectivity index (χ2n) is 5.11. The monoisotopic (exact) mass is 298 g/mol. The fourth-order valence-corrected chi connectivity index (χ4v) is 2.68. The number of carbonyl (C=O) groups excluding carboxylic acids is 1. The Bertz CT molecular complexity index is 837. The van der Waals surface area contributed by atoms with E-state index < -0.39 is 0 Å². The largest absolute Gasteiger partial charge is 0.356 e. The quantitative estimate of drug-likeness (QED) is 0.594. The molecular formula is C17H17FN3O+. The number of anilines is 1. The first kappa shape index (κ1) is 14.3. The zero-order valence-electron chi connectivity index (χ0n) is 12.3. The first-order valence-electron chi connectivity index (χ1n) is 7.17. The number of aryl methyl sites for hydroxylation is 1. The van der Waals surface area contributed by atoms with E-state index in [-0.39, 0.29) is 18.1 Å². The fraction of sp³-hybridized carbons (Fsp3) is 0.176. The SMILES string of the molecule is CCn1c(N)[n+](CC(=O)c2ccc(F)cc2)c2ccccc21. The third-order valence-electron chi connectivity index (χ3n) is 3.80. The van der Waals surface area contributed by atoms with Crippen molar-refractivity contribution in [2.75, 3.05) is 5.73 Å². The van der Waals surface area contributed by atoms with Crippen LogP contribution < -0.4 is 10.3 Å². The third-order valence-corrected chi connectivity index (χ3v) is 3.80. The minimum Gasteiger partial charge on any atom is -0.291 e. The molecule has 4 nitrogen and oxygen atoms in total. The van der Waals surface area contributed by atoms with Crippen molar-refractivity contribution in [2.24, 2.45) is 0 Å². The second kappa shape index (κ2) is 5.60. The number of nitrogens with two attached hydrogens (primary N) is 1. The highest BCUT2D eigenvalue weighted by Crippen LogP contribution is 2.16. The number of para-hydroxylation sites is 2. The van der Waals surface area contributed by atoms with Crippen LogP contribution in [0.2, 0.25) is 0 Å². The van der Waals surface area contributed by atoms with Crippen molar-refractivity contribution in [1.29, 1.82) is 0 Å². The average molecular weight is 298 g/mol. The lowest BCUT2D eigenvalue weighted by Gasteiger charge is -2.02. The van der Waals surface area contributed by atoms with Gasteiger partial charge in [-0.1, -0.05) is 12.1 Å². The van der Waals surface area contributed by atoms with Crippen LogP contribution in [0.1, 0.15) is 17.3 Å². The summed E-state index contributed by atoms with van der Waals surface area (Å²) in [5, 5.41) is 0. The van der Waals surface area contributed by atoms with E-state index in [0.29, 0.717) is 11.5 Å². The van der Waals surface area contributed by atoms with Crippen LogP contribution in [0.15, 0.2) is 48.5 Å². The summed E-state index contributed by atoms with van der Waals surface area (Å²) in [5.74, 6) is 0.0844. The number of nitrogens with zero attached hydrogens (tertiary/aromatic N) is 2. The number of carbonyl (C=O) groups is 1. The van der Waals surface area contributed by atoms with Crippen LogP contribution in [0.3, 0.4) is 0 Å². The summed E-state index contributed by atoms with van der Waals surface area (Å²) in [6.07, 6.45) is 0. The lowest BCUT2D eigenvalue weighted by Crippen LogP contribution is -2.40. The van der Waals surface area contributed by atoms with Gasteiger partial charge in [0.1, 0.15) is 23.4 Å². The number of hydrogen-bond donors (Lipinski definition) is 1. The van der Waals surface area contributed by atoms with Gasteiger partial charge in [0.2, 0.25) is 0 Å². The molecule has 3 aromatic rings. The second-order valence-corrected chi connectivity index (χ2v) is 5.11. The molecule has 3 rings (SSSR count). The van der Waals surface area contributed by atoms with Gasteiger partial charge >= 0.3 is 5.95 Å². The maximum atomic E-state index is 13.0. The number of fused-ring (bicyclic) bond motifs is 1. The molecule has 0 amide bonds. The molecule has 1 aromatic heterocycles. The Morgan fingerprint density at radius 2 is 1.86 bits per heavy atom. The fourth-order valence-electron chi connectivity index (χ4n) is 2.68. The number of hydrogen-bond acceptors (Lipinski definition) is 2. The van der Waals surface area contributed by atoms with Gasteiger partial charge in [-0.3, -0.25) is 10.5 Å². The Hall–Kier alpha value is -2.69. The van der Waals surface area contributed by atoms with E-state index in [9.17, 15) is 9.18 Å². The van der Waals surface area contributed by atoms with Crippen molar-refractivity contribution in [3.05, 3.63) is 59.9 Å². The molecule has 2 aromatic carbocycles. The van der Waals surface area contributed by atoms with E-state index in [0.717, 1.165) is 17.6 Å². The maximum absolute atomic E-state index is 13.0. The molecule has 0 atom stereocenters. The van der Waals surface area contributed by atoms with Crippen molar-refractivity contribution in [3.63, 3.8) is 0 Å². The molecule has 0 radical (unpaired) electrons. The molecule has 0 aliphatic heterocycles. The van der Waals surface area contributed by atoms with E-state index >= 15 is 0 Å². The minimum atomic E-state index is -0.355. The van der Waals surface area contributed by atoms with Gasteiger partial charge in [-0.2, -0.15) is 0 Å². The molecule has 0 aliphatic rings. The van der Waals surface area contributed by atoms with Gasteiger partial charge in [0.05, 0.1) is 6.54 Å². The van der Waals surface area contributed by atoms with E-state index in [1.54, 1.807) is 4.57 Å². The molecule has 0 aliphatic carbocycles. The minimum absolute atomic E-state index is 0.101. The highest BCUT2D eigenvalue weighted by Gasteiger charge is 2.22. The molecule has 5 heteroatoms. The summed E-state index contributed by atoms with van der Waals surface area (Å²) in [4.78, 5) is 12.4. The summed E-state index contributed by atoms with van der Waals surface area (Å²) in [7, 11) is 0. The van der Waals surface area contributed by atoms with Crippen LogP contribution in [0, 0.1) is 5.82 Å². The predicted molar refractivity (Wildman–Crippen MR) is 82.9 cm³/mol. The van der Waals surface area contributed by atoms with Crippen molar-refractivity contribution in [1.82, 2.24) is 4.57 Å². The number of aromatic nitrogens is 2. The first-order chi connectivity index (χ1) is 10.6. The lowest BCUT2D eigenvalue weighted by atomic mass is 10.1. The van der Waals surface area contributed by atoms with Gasteiger partial charge < -0.3 is 0 Å². The molecule has 0 bridgehead atoms. The molecule has 0 spiro atoms. The number of benzene rings is 2. The summed E-state index contributed by atoms with van der Waals surface area (Å²) in [6, 6.07) is 13.3. The molecule has 0 fully saturated rings. The third kappa shape index (κ3) is 2.35. The smallest absolute Gasteiger partial charge is 0.291 e. The number of rotatable bonds is 4. The first-order valence-corrected chi connectivity index (χ1v) is 7.17. The molecule has 0 saturated carbocycles. The Morgan fingerprint density at radius 3 is 2.55 bits per heavy atom. The molecule has 1 heterocycles. The Balaban J connectivity index is 2.02. The van der Waals surface area contributed by atoms with Crippen LogP contribution in [-0.2, 0) is 13.1 Å². The van der Waals surface area contributed by atoms with Crippen molar-refractivity contribution in [3.8, 4) is 0 Å². The van der Waals surface area contributed by atoms with Crippen LogP contribution in [0.4, 0.5) is 10.3 Å². The zero-order chi connectivity index (χ0) is 15.7. The predicted octanol–water partition coefficient (Wildman–Crippen LogP) is 2.55. The number of imidazole rings is 1. The van der Waals surface area contributed by atoms with Crippen LogP contribution >= 0.6 is 0 Å². The van der Waals surface area contributed by atoms with Crippen molar-refractivity contribution < 1.29 is 13.8 Å². The van der Waals surface area contributed by atoms with Crippen molar-refractivity contribution in [2.45, 2.75) is 20.0 Å². The Labute approximate surface area is 127 Å². The number of halogens is 1. The molecule has 112 valence electrons. The van der Waals surface area contributed by atoms with Gasteiger partial charge in [-0.15, -0.1) is 0 Å². The summed E-state index contributed by atoms with van der Waals surface area (Å²) in [6.45, 7) is 2.87. The van der Waals surface area contributed by atoms with Gasteiger partial charge in [-0.05, 0) is 43.3 Å². The molecule has 22 heavy (non-hydrogen) atoms. The lowest BCUT2D eigenvalue weighted by molar-refractivity contribution is -0.642.